The van der Waals surface area contributed by atoms with E-state index in [9.17, 15) is 8.42 Å². The first-order chi connectivity index (χ1) is 8.16. The maximum atomic E-state index is 11.9. The first-order valence-electron chi connectivity index (χ1n) is 5.90. The molecule has 94 valence electrons. The second-order valence-electron chi connectivity index (χ2n) is 4.39. The third-order valence-electron chi connectivity index (χ3n) is 2.88. The summed E-state index contributed by atoms with van der Waals surface area (Å²) in [4.78, 5) is 0. The van der Waals surface area contributed by atoms with E-state index in [4.69, 9.17) is 0 Å². The summed E-state index contributed by atoms with van der Waals surface area (Å²) < 4.78 is 26.6. The van der Waals surface area contributed by atoms with Crippen molar-refractivity contribution in [2.45, 2.75) is 24.6 Å². The number of hydrogen-bond acceptors (Lipinski definition) is 3. The van der Waals surface area contributed by atoms with E-state index in [1.807, 2.05) is 30.3 Å². The summed E-state index contributed by atoms with van der Waals surface area (Å²) in [5.41, 5.74) is 0.828. The monoisotopic (exact) mass is 254 g/mol. The van der Waals surface area contributed by atoms with Crippen molar-refractivity contribution in [3.8, 4) is 0 Å². The fourth-order valence-corrected chi connectivity index (χ4v) is 3.49. The van der Waals surface area contributed by atoms with E-state index in [1.165, 1.54) is 0 Å². The largest absolute Gasteiger partial charge is 0.317 e. The van der Waals surface area contributed by atoms with Crippen molar-refractivity contribution < 1.29 is 8.42 Å². The van der Waals surface area contributed by atoms with Gasteiger partial charge in [-0.2, -0.15) is 0 Å². The molecule has 2 rings (SSSR count). The molecule has 0 aromatic heterocycles. The molecule has 1 aliphatic rings. The van der Waals surface area contributed by atoms with Crippen LogP contribution in [0.25, 0.3) is 0 Å². The van der Waals surface area contributed by atoms with Crippen LogP contribution in [0.3, 0.4) is 0 Å². The van der Waals surface area contributed by atoms with Gasteiger partial charge in [-0.15, -0.1) is 0 Å². The van der Waals surface area contributed by atoms with Crippen LogP contribution in [0.2, 0.25) is 0 Å². The molecule has 5 heteroatoms. The number of hydrogen-bond donors (Lipinski definition) is 2. The van der Waals surface area contributed by atoms with Gasteiger partial charge in [-0.1, -0.05) is 30.3 Å². The van der Waals surface area contributed by atoms with Crippen LogP contribution in [0.15, 0.2) is 30.3 Å². The van der Waals surface area contributed by atoms with E-state index in [2.05, 4.69) is 10.0 Å². The molecule has 0 amide bonds. The minimum Gasteiger partial charge on any atom is -0.317 e. The number of nitrogens with one attached hydrogen (secondary N) is 2. The van der Waals surface area contributed by atoms with Crippen LogP contribution in [0.4, 0.5) is 0 Å². The zero-order valence-electron chi connectivity index (χ0n) is 9.72. The van der Waals surface area contributed by atoms with Gasteiger partial charge in [0.2, 0.25) is 10.0 Å². The van der Waals surface area contributed by atoms with Crippen molar-refractivity contribution >= 4 is 10.0 Å². The SMILES string of the molecule is O=S(=O)(Cc1ccccc1)NC1CCNCC1. The van der Waals surface area contributed by atoms with Gasteiger partial charge in [-0.3, -0.25) is 0 Å². The second-order valence-corrected chi connectivity index (χ2v) is 6.14. The molecule has 0 bridgehead atoms. The maximum Gasteiger partial charge on any atom is 0.216 e. The molecule has 1 aromatic carbocycles. The molecule has 0 spiro atoms. The molecule has 1 heterocycles. The number of benzene rings is 1. The van der Waals surface area contributed by atoms with Gasteiger partial charge in [-0.25, -0.2) is 13.1 Å². The molecule has 4 nitrogen and oxygen atoms in total. The Kier molecular flexibility index (Phi) is 4.15. The number of piperidine rings is 1. The first-order valence-corrected chi connectivity index (χ1v) is 7.55. The van der Waals surface area contributed by atoms with Crippen LogP contribution < -0.4 is 10.0 Å². The van der Waals surface area contributed by atoms with Crippen molar-refractivity contribution in [3.05, 3.63) is 35.9 Å². The Bertz CT molecular complexity index is 439. The van der Waals surface area contributed by atoms with Crippen LogP contribution in [0.1, 0.15) is 18.4 Å². The summed E-state index contributed by atoms with van der Waals surface area (Å²) >= 11 is 0. The van der Waals surface area contributed by atoms with E-state index in [0.717, 1.165) is 31.5 Å². The third-order valence-corrected chi connectivity index (χ3v) is 4.29. The first kappa shape index (κ1) is 12.5. The average molecular weight is 254 g/mol. The van der Waals surface area contributed by atoms with Gasteiger partial charge in [0.15, 0.2) is 0 Å². The Labute approximate surface area is 102 Å². The van der Waals surface area contributed by atoms with Gasteiger partial charge < -0.3 is 5.32 Å². The summed E-state index contributed by atoms with van der Waals surface area (Å²) in [5.74, 6) is 0.0672. The molecular formula is C12H18N2O2S. The average Bonchev–Trinajstić information content (AvgIpc) is 2.30. The third kappa shape index (κ3) is 4.11. The normalized spacial score (nSPS) is 18.1. The van der Waals surface area contributed by atoms with E-state index in [-0.39, 0.29) is 11.8 Å². The zero-order valence-corrected chi connectivity index (χ0v) is 10.5. The van der Waals surface area contributed by atoms with Gasteiger partial charge in [0.05, 0.1) is 5.75 Å². The minimum atomic E-state index is -3.21. The van der Waals surface area contributed by atoms with Crippen molar-refractivity contribution in [3.63, 3.8) is 0 Å². The molecule has 0 unspecified atom stereocenters. The molecular weight excluding hydrogens is 236 g/mol. The number of rotatable bonds is 4. The number of sulfonamides is 1. The summed E-state index contributed by atoms with van der Waals surface area (Å²) in [6, 6.07) is 9.36. The Morgan fingerprint density at radius 1 is 1.18 bits per heavy atom. The second kappa shape index (κ2) is 5.62. The molecule has 1 aliphatic heterocycles. The highest BCUT2D eigenvalue weighted by molar-refractivity contribution is 7.88. The molecule has 1 saturated heterocycles. The summed E-state index contributed by atoms with van der Waals surface area (Å²) in [6.07, 6.45) is 1.74. The summed E-state index contributed by atoms with van der Waals surface area (Å²) in [5, 5.41) is 3.22. The lowest BCUT2D eigenvalue weighted by Gasteiger charge is -2.23. The molecule has 0 aliphatic carbocycles. The Hall–Kier alpha value is -0.910. The smallest absolute Gasteiger partial charge is 0.216 e. The fraction of sp³-hybridized carbons (Fsp3) is 0.500. The van der Waals surface area contributed by atoms with Crippen LogP contribution >= 0.6 is 0 Å². The predicted octanol–water partition coefficient (Wildman–Crippen LogP) is 0.858. The Morgan fingerprint density at radius 3 is 2.47 bits per heavy atom. The van der Waals surface area contributed by atoms with Gasteiger partial charge in [0.25, 0.3) is 0 Å². The minimum absolute atomic E-state index is 0.0672. The topological polar surface area (TPSA) is 58.2 Å². The highest BCUT2D eigenvalue weighted by atomic mass is 32.2. The Morgan fingerprint density at radius 2 is 1.82 bits per heavy atom. The molecule has 0 atom stereocenters. The standard InChI is InChI=1S/C12H18N2O2S/c15-17(16,10-11-4-2-1-3-5-11)14-12-6-8-13-9-7-12/h1-5,12-14H,6-10H2. The van der Waals surface area contributed by atoms with E-state index in [1.54, 1.807) is 0 Å². The highest BCUT2D eigenvalue weighted by Gasteiger charge is 2.19. The van der Waals surface area contributed by atoms with Crippen molar-refractivity contribution in [1.82, 2.24) is 10.0 Å². The van der Waals surface area contributed by atoms with Crippen LogP contribution in [-0.4, -0.2) is 27.5 Å². The highest BCUT2D eigenvalue weighted by Crippen LogP contribution is 2.08. The lowest BCUT2D eigenvalue weighted by molar-refractivity contribution is 0.427. The van der Waals surface area contributed by atoms with E-state index < -0.39 is 10.0 Å². The maximum absolute atomic E-state index is 11.9. The molecule has 2 N–H and O–H groups in total. The van der Waals surface area contributed by atoms with Gasteiger partial charge in [-0.05, 0) is 31.5 Å². The lowest BCUT2D eigenvalue weighted by atomic mass is 10.1. The molecule has 1 fully saturated rings. The van der Waals surface area contributed by atoms with E-state index >= 15 is 0 Å². The van der Waals surface area contributed by atoms with Crippen molar-refractivity contribution in [1.29, 1.82) is 0 Å². The Balaban J connectivity index is 1.94. The molecule has 17 heavy (non-hydrogen) atoms. The van der Waals surface area contributed by atoms with Gasteiger partial charge >= 0.3 is 0 Å². The van der Waals surface area contributed by atoms with Crippen molar-refractivity contribution in [2.75, 3.05) is 13.1 Å². The van der Waals surface area contributed by atoms with Crippen molar-refractivity contribution in [2.24, 2.45) is 0 Å². The zero-order chi connectivity index (χ0) is 12.1. The lowest BCUT2D eigenvalue weighted by Crippen LogP contribution is -2.43. The summed E-state index contributed by atoms with van der Waals surface area (Å²) in [7, 11) is -3.21. The van der Waals surface area contributed by atoms with Gasteiger partial charge in [0, 0.05) is 6.04 Å². The fourth-order valence-electron chi connectivity index (χ4n) is 2.03. The van der Waals surface area contributed by atoms with Crippen LogP contribution in [0, 0.1) is 0 Å². The van der Waals surface area contributed by atoms with Crippen LogP contribution in [0.5, 0.6) is 0 Å². The van der Waals surface area contributed by atoms with E-state index in [0.29, 0.717) is 0 Å². The van der Waals surface area contributed by atoms with Gasteiger partial charge in [0.1, 0.15) is 0 Å². The summed E-state index contributed by atoms with van der Waals surface area (Å²) in [6.45, 7) is 1.77. The van der Waals surface area contributed by atoms with Crippen LogP contribution in [-0.2, 0) is 15.8 Å². The molecule has 0 radical (unpaired) electrons. The molecule has 0 saturated carbocycles. The molecule has 1 aromatic rings. The predicted molar refractivity (Wildman–Crippen MR) is 68.1 cm³/mol. The quantitative estimate of drug-likeness (QED) is 0.838.